The van der Waals surface area contributed by atoms with E-state index in [0.717, 1.165) is 0 Å². The molecule has 0 aliphatic rings. The van der Waals surface area contributed by atoms with Gasteiger partial charge in [-0.1, -0.05) is 0 Å². The molecule has 0 amide bonds. The fraction of sp³-hybridized carbons (Fsp3) is 0.500. The average molecular weight is 183 g/mol. The minimum atomic E-state index is -0.604. The number of rotatable bonds is 2. The van der Waals surface area contributed by atoms with Crippen LogP contribution in [0.1, 0.15) is 19.7 Å². The van der Waals surface area contributed by atoms with Crippen molar-refractivity contribution in [3.63, 3.8) is 0 Å². The number of nitrogen functional groups attached to an aromatic ring is 1. The molecule has 0 aliphatic heterocycles. The highest BCUT2D eigenvalue weighted by atomic mass is 16.5. The number of nitrogens with zero attached hydrogens (tertiary/aromatic N) is 1. The van der Waals surface area contributed by atoms with Gasteiger partial charge in [0.05, 0.1) is 6.20 Å². The smallest absolute Gasteiger partial charge is 0.274 e. The van der Waals surface area contributed by atoms with Crippen molar-refractivity contribution in [1.82, 2.24) is 9.97 Å². The Balaban J connectivity index is 3.18. The number of hydrogen-bond acceptors (Lipinski definition) is 4. The molecule has 72 valence electrons. The van der Waals surface area contributed by atoms with Crippen molar-refractivity contribution in [1.29, 1.82) is 0 Å². The van der Waals surface area contributed by atoms with Gasteiger partial charge in [-0.15, -0.1) is 0 Å². The van der Waals surface area contributed by atoms with Gasteiger partial charge in [-0.25, -0.2) is 4.98 Å². The summed E-state index contributed by atoms with van der Waals surface area (Å²) >= 11 is 0. The van der Waals surface area contributed by atoms with Gasteiger partial charge in [-0.2, -0.15) is 0 Å². The normalized spacial score (nSPS) is 11.6. The Kier molecular flexibility index (Phi) is 2.38. The summed E-state index contributed by atoms with van der Waals surface area (Å²) < 4.78 is 5.15. The van der Waals surface area contributed by atoms with Gasteiger partial charge >= 0.3 is 0 Å². The predicted molar refractivity (Wildman–Crippen MR) is 49.3 cm³/mol. The van der Waals surface area contributed by atoms with Crippen LogP contribution in [0.25, 0.3) is 0 Å². The molecule has 0 fully saturated rings. The average Bonchev–Trinajstić information content (AvgIpc) is 2.09. The number of nitrogens with one attached hydrogen (secondary N) is 1. The Morgan fingerprint density at radius 3 is 2.69 bits per heavy atom. The minimum absolute atomic E-state index is 0.107. The molecular formula is C8H13N3O2. The molecule has 0 saturated carbocycles. The second kappa shape index (κ2) is 3.18. The Bertz CT molecular complexity index is 357. The lowest BCUT2D eigenvalue weighted by molar-refractivity contribution is 0.0113. The lowest BCUT2D eigenvalue weighted by Gasteiger charge is -2.21. The lowest BCUT2D eigenvalue weighted by Crippen LogP contribution is -2.27. The third-order valence-corrected chi connectivity index (χ3v) is 1.91. The number of methoxy groups -OCH3 is 1. The van der Waals surface area contributed by atoms with Crippen LogP contribution in [-0.2, 0) is 10.3 Å². The van der Waals surface area contributed by atoms with E-state index in [1.807, 2.05) is 13.8 Å². The van der Waals surface area contributed by atoms with Crippen molar-refractivity contribution in [2.24, 2.45) is 0 Å². The second-order valence-corrected chi connectivity index (χ2v) is 3.23. The van der Waals surface area contributed by atoms with Crippen molar-refractivity contribution in [3.8, 4) is 0 Å². The molecule has 1 aromatic heterocycles. The zero-order valence-electron chi connectivity index (χ0n) is 7.92. The quantitative estimate of drug-likeness (QED) is 0.687. The number of aromatic nitrogens is 2. The van der Waals surface area contributed by atoms with Gasteiger partial charge < -0.3 is 15.5 Å². The van der Waals surface area contributed by atoms with E-state index in [1.165, 1.54) is 6.20 Å². The van der Waals surface area contributed by atoms with Crippen LogP contribution in [0.5, 0.6) is 0 Å². The fourth-order valence-corrected chi connectivity index (χ4v) is 0.807. The van der Waals surface area contributed by atoms with Crippen molar-refractivity contribution in [2.45, 2.75) is 19.4 Å². The molecule has 13 heavy (non-hydrogen) atoms. The molecule has 0 aliphatic carbocycles. The molecule has 0 bridgehead atoms. The summed E-state index contributed by atoms with van der Waals surface area (Å²) in [4.78, 5) is 17.7. The molecule has 0 unspecified atom stereocenters. The summed E-state index contributed by atoms with van der Waals surface area (Å²) in [6.45, 7) is 3.61. The Morgan fingerprint density at radius 1 is 1.62 bits per heavy atom. The van der Waals surface area contributed by atoms with Gasteiger partial charge in [0.1, 0.15) is 17.1 Å². The van der Waals surface area contributed by atoms with Crippen molar-refractivity contribution in [2.75, 3.05) is 12.8 Å². The fourth-order valence-electron chi connectivity index (χ4n) is 0.807. The van der Waals surface area contributed by atoms with E-state index in [0.29, 0.717) is 5.82 Å². The molecule has 0 spiro atoms. The number of aromatic amines is 1. The number of hydrogen-bond donors (Lipinski definition) is 2. The van der Waals surface area contributed by atoms with Crippen LogP contribution in [0, 0.1) is 0 Å². The monoisotopic (exact) mass is 183 g/mol. The van der Waals surface area contributed by atoms with E-state index in [2.05, 4.69) is 9.97 Å². The van der Waals surface area contributed by atoms with E-state index in [9.17, 15) is 4.79 Å². The lowest BCUT2D eigenvalue weighted by atomic mass is 10.1. The molecule has 3 N–H and O–H groups in total. The minimum Gasteiger partial charge on any atom is -0.393 e. The van der Waals surface area contributed by atoms with Crippen LogP contribution in [0.4, 0.5) is 5.69 Å². The summed E-state index contributed by atoms with van der Waals surface area (Å²) in [5, 5.41) is 0. The molecule has 0 atom stereocenters. The number of nitrogens with two attached hydrogens (primary N) is 1. The zero-order valence-corrected chi connectivity index (χ0v) is 7.92. The molecule has 1 aromatic rings. The summed E-state index contributed by atoms with van der Waals surface area (Å²) in [7, 11) is 1.55. The molecule has 0 radical (unpaired) electrons. The maximum absolute atomic E-state index is 11.1. The van der Waals surface area contributed by atoms with Crippen molar-refractivity contribution in [3.05, 3.63) is 22.4 Å². The van der Waals surface area contributed by atoms with Gasteiger partial charge in [0.2, 0.25) is 0 Å². The Morgan fingerprint density at radius 2 is 2.23 bits per heavy atom. The zero-order chi connectivity index (χ0) is 10.1. The van der Waals surface area contributed by atoms with E-state index in [-0.39, 0.29) is 11.2 Å². The topological polar surface area (TPSA) is 81.0 Å². The van der Waals surface area contributed by atoms with Crippen LogP contribution >= 0.6 is 0 Å². The van der Waals surface area contributed by atoms with Crippen LogP contribution in [0.3, 0.4) is 0 Å². The number of ether oxygens (including phenoxy) is 1. The number of H-pyrrole nitrogens is 1. The highest BCUT2D eigenvalue weighted by molar-refractivity contribution is 5.30. The van der Waals surface area contributed by atoms with Gasteiger partial charge in [0, 0.05) is 7.11 Å². The highest BCUT2D eigenvalue weighted by Gasteiger charge is 2.22. The second-order valence-electron chi connectivity index (χ2n) is 3.23. The van der Waals surface area contributed by atoms with Gasteiger partial charge in [-0.05, 0) is 13.8 Å². The van der Waals surface area contributed by atoms with E-state index in [1.54, 1.807) is 7.11 Å². The van der Waals surface area contributed by atoms with Gasteiger partial charge in [0.25, 0.3) is 5.56 Å². The van der Waals surface area contributed by atoms with Crippen molar-refractivity contribution < 1.29 is 4.74 Å². The molecule has 1 rings (SSSR count). The van der Waals surface area contributed by atoms with Gasteiger partial charge in [0.15, 0.2) is 0 Å². The standard InChI is InChI=1S/C8H13N3O2/c1-8(2,13-3)7-10-4-5(9)6(12)11-7/h4H,9H2,1-3H3,(H,10,11,12). The summed E-state index contributed by atoms with van der Waals surface area (Å²) in [5.41, 5.74) is 4.49. The third kappa shape index (κ3) is 1.86. The maximum atomic E-state index is 11.1. The molecule has 5 nitrogen and oxygen atoms in total. The largest absolute Gasteiger partial charge is 0.393 e. The van der Waals surface area contributed by atoms with E-state index >= 15 is 0 Å². The first-order chi connectivity index (χ1) is 5.97. The Labute approximate surface area is 75.9 Å². The van der Waals surface area contributed by atoms with Crippen LogP contribution in [0.2, 0.25) is 0 Å². The first-order valence-electron chi connectivity index (χ1n) is 3.88. The molecule has 0 saturated heterocycles. The van der Waals surface area contributed by atoms with E-state index in [4.69, 9.17) is 10.5 Å². The highest BCUT2D eigenvalue weighted by Crippen LogP contribution is 2.18. The maximum Gasteiger partial charge on any atom is 0.274 e. The molecular weight excluding hydrogens is 170 g/mol. The SMILES string of the molecule is COC(C)(C)c1ncc(N)c(=O)[nH]1. The first kappa shape index (κ1) is 9.73. The van der Waals surface area contributed by atoms with Crippen molar-refractivity contribution >= 4 is 5.69 Å². The van der Waals surface area contributed by atoms with Crippen LogP contribution in [0.15, 0.2) is 11.0 Å². The third-order valence-electron chi connectivity index (χ3n) is 1.91. The molecule has 1 heterocycles. The molecule has 5 heteroatoms. The summed E-state index contributed by atoms with van der Waals surface area (Å²) in [5.74, 6) is 0.467. The summed E-state index contributed by atoms with van der Waals surface area (Å²) in [6.07, 6.45) is 1.33. The predicted octanol–water partition coefficient (Wildman–Crippen LogP) is 0.234. The van der Waals surface area contributed by atoms with E-state index < -0.39 is 5.60 Å². The summed E-state index contributed by atoms with van der Waals surface area (Å²) in [6, 6.07) is 0. The van der Waals surface area contributed by atoms with Crippen LogP contribution in [-0.4, -0.2) is 17.1 Å². The number of anilines is 1. The van der Waals surface area contributed by atoms with Crippen LogP contribution < -0.4 is 11.3 Å². The first-order valence-corrected chi connectivity index (χ1v) is 3.88. The Hall–Kier alpha value is -1.36. The molecule has 0 aromatic carbocycles. The van der Waals surface area contributed by atoms with Gasteiger partial charge in [-0.3, -0.25) is 4.79 Å².